The number of fused-ring (bicyclic) bond motifs is 3. The highest BCUT2D eigenvalue weighted by Gasteiger charge is 2.14. The van der Waals surface area contributed by atoms with Crippen molar-refractivity contribution in [1.29, 1.82) is 0 Å². The van der Waals surface area contributed by atoms with Crippen molar-refractivity contribution in [2.75, 3.05) is 5.32 Å². The SMILES string of the molecule is Cc1ccc(Nc2ccc(-c3cccc4c3oc3ccccc34)cc2-c2ccccc2)cc1. The number of para-hydroxylation sites is 2. The Morgan fingerprint density at radius 3 is 2.18 bits per heavy atom. The van der Waals surface area contributed by atoms with Crippen LogP contribution in [0.15, 0.2) is 120 Å². The molecule has 0 unspecified atom stereocenters. The van der Waals surface area contributed by atoms with Crippen LogP contribution in [0.4, 0.5) is 11.4 Å². The lowest BCUT2D eigenvalue weighted by molar-refractivity contribution is 0.670. The first-order valence-corrected chi connectivity index (χ1v) is 11.2. The van der Waals surface area contributed by atoms with E-state index < -0.39 is 0 Å². The average molecular weight is 426 g/mol. The van der Waals surface area contributed by atoms with Crippen molar-refractivity contribution in [3.05, 3.63) is 121 Å². The lowest BCUT2D eigenvalue weighted by atomic mass is 9.96. The van der Waals surface area contributed by atoms with E-state index in [9.17, 15) is 0 Å². The lowest BCUT2D eigenvalue weighted by Gasteiger charge is -2.15. The molecule has 0 saturated heterocycles. The van der Waals surface area contributed by atoms with Crippen LogP contribution in [0.25, 0.3) is 44.2 Å². The van der Waals surface area contributed by atoms with Gasteiger partial charge in [0.05, 0.1) is 0 Å². The van der Waals surface area contributed by atoms with E-state index in [1.54, 1.807) is 0 Å². The fraction of sp³-hybridized carbons (Fsp3) is 0.0323. The monoisotopic (exact) mass is 425 g/mol. The van der Waals surface area contributed by atoms with E-state index in [0.717, 1.165) is 50.0 Å². The fourth-order valence-electron chi connectivity index (χ4n) is 4.44. The minimum absolute atomic E-state index is 0.917. The molecule has 1 heterocycles. The molecule has 2 nitrogen and oxygen atoms in total. The third kappa shape index (κ3) is 3.56. The molecule has 0 bridgehead atoms. The van der Waals surface area contributed by atoms with Gasteiger partial charge in [0.25, 0.3) is 0 Å². The largest absolute Gasteiger partial charge is 0.455 e. The first-order chi connectivity index (χ1) is 16.3. The molecule has 158 valence electrons. The molecule has 1 N–H and O–H groups in total. The van der Waals surface area contributed by atoms with Gasteiger partial charge in [-0.05, 0) is 48.4 Å². The van der Waals surface area contributed by atoms with Gasteiger partial charge >= 0.3 is 0 Å². The lowest BCUT2D eigenvalue weighted by Crippen LogP contribution is -1.94. The van der Waals surface area contributed by atoms with Crippen LogP contribution < -0.4 is 5.32 Å². The van der Waals surface area contributed by atoms with Crippen molar-refractivity contribution in [1.82, 2.24) is 0 Å². The molecule has 0 aliphatic carbocycles. The van der Waals surface area contributed by atoms with Gasteiger partial charge in [0, 0.05) is 33.3 Å². The maximum atomic E-state index is 6.31. The van der Waals surface area contributed by atoms with Crippen LogP contribution in [0, 0.1) is 6.92 Å². The number of nitrogens with one attached hydrogen (secondary N) is 1. The zero-order valence-electron chi connectivity index (χ0n) is 18.4. The van der Waals surface area contributed by atoms with Gasteiger partial charge in [-0.2, -0.15) is 0 Å². The van der Waals surface area contributed by atoms with E-state index in [-0.39, 0.29) is 0 Å². The molecule has 2 heteroatoms. The van der Waals surface area contributed by atoms with Crippen molar-refractivity contribution in [2.45, 2.75) is 6.92 Å². The van der Waals surface area contributed by atoms with Gasteiger partial charge in [-0.3, -0.25) is 0 Å². The maximum Gasteiger partial charge on any atom is 0.143 e. The Kier molecular flexibility index (Phi) is 4.70. The highest BCUT2D eigenvalue weighted by Crippen LogP contribution is 2.39. The molecule has 1 aromatic heterocycles. The minimum atomic E-state index is 0.917. The van der Waals surface area contributed by atoms with Crippen molar-refractivity contribution in [3.63, 3.8) is 0 Å². The summed E-state index contributed by atoms with van der Waals surface area (Å²) in [5.74, 6) is 0. The average Bonchev–Trinajstić information content (AvgIpc) is 3.25. The summed E-state index contributed by atoms with van der Waals surface area (Å²) in [4.78, 5) is 0. The van der Waals surface area contributed by atoms with Crippen molar-refractivity contribution in [3.8, 4) is 22.3 Å². The predicted octanol–water partition coefficient (Wildman–Crippen LogP) is 8.97. The molecule has 33 heavy (non-hydrogen) atoms. The van der Waals surface area contributed by atoms with E-state index in [1.165, 1.54) is 11.1 Å². The number of benzene rings is 5. The Morgan fingerprint density at radius 1 is 0.576 bits per heavy atom. The molecule has 0 atom stereocenters. The molecule has 0 amide bonds. The highest BCUT2D eigenvalue weighted by atomic mass is 16.3. The molecular formula is C31H23NO. The number of furan rings is 1. The van der Waals surface area contributed by atoms with Crippen molar-refractivity contribution >= 4 is 33.3 Å². The van der Waals surface area contributed by atoms with Crippen molar-refractivity contribution < 1.29 is 4.42 Å². The first-order valence-electron chi connectivity index (χ1n) is 11.2. The van der Waals surface area contributed by atoms with E-state index in [4.69, 9.17) is 4.42 Å². The van der Waals surface area contributed by atoms with Gasteiger partial charge < -0.3 is 9.73 Å². The Balaban J connectivity index is 1.52. The zero-order valence-corrected chi connectivity index (χ0v) is 18.4. The molecule has 0 radical (unpaired) electrons. The van der Waals surface area contributed by atoms with E-state index in [0.29, 0.717) is 0 Å². The molecule has 0 fully saturated rings. The fourth-order valence-corrected chi connectivity index (χ4v) is 4.44. The summed E-state index contributed by atoms with van der Waals surface area (Å²) < 4.78 is 6.31. The molecule has 6 rings (SSSR count). The quantitative estimate of drug-likeness (QED) is 0.305. The van der Waals surface area contributed by atoms with Crippen LogP contribution in [0.3, 0.4) is 0 Å². The normalized spacial score (nSPS) is 11.2. The smallest absolute Gasteiger partial charge is 0.143 e. The second-order valence-electron chi connectivity index (χ2n) is 8.40. The summed E-state index contributed by atoms with van der Waals surface area (Å²) in [6.45, 7) is 2.10. The van der Waals surface area contributed by atoms with Gasteiger partial charge in [0.2, 0.25) is 0 Å². The van der Waals surface area contributed by atoms with Crippen LogP contribution in [0.2, 0.25) is 0 Å². The summed E-state index contributed by atoms with van der Waals surface area (Å²) in [7, 11) is 0. The second kappa shape index (κ2) is 7.99. The molecule has 6 aromatic rings. The number of rotatable bonds is 4. The first kappa shape index (κ1) is 19.4. The number of hydrogen-bond acceptors (Lipinski definition) is 2. The van der Waals surface area contributed by atoms with Crippen LogP contribution >= 0.6 is 0 Å². The van der Waals surface area contributed by atoms with E-state index in [1.807, 2.05) is 12.1 Å². The predicted molar refractivity (Wildman–Crippen MR) is 139 cm³/mol. The highest BCUT2D eigenvalue weighted by molar-refractivity contribution is 6.09. The third-order valence-electron chi connectivity index (χ3n) is 6.15. The summed E-state index contributed by atoms with van der Waals surface area (Å²) >= 11 is 0. The summed E-state index contributed by atoms with van der Waals surface area (Å²) in [5, 5.41) is 5.91. The van der Waals surface area contributed by atoms with Crippen LogP contribution in [-0.2, 0) is 0 Å². The molecule has 0 aliphatic heterocycles. The number of aryl methyl sites for hydroxylation is 1. The molecule has 5 aromatic carbocycles. The van der Waals surface area contributed by atoms with Gasteiger partial charge in [-0.25, -0.2) is 0 Å². The number of hydrogen-bond donors (Lipinski definition) is 1. The topological polar surface area (TPSA) is 25.2 Å². The van der Waals surface area contributed by atoms with Crippen LogP contribution in [0.1, 0.15) is 5.56 Å². The summed E-state index contributed by atoms with van der Waals surface area (Å²) in [6.07, 6.45) is 0. The Morgan fingerprint density at radius 2 is 1.33 bits per heavy atom. The van der Waals surface area contributed by atoms with Crippen LogP contribution in [-0.4, -0.2) is 0 Å². The standard InChI is InChI=1S/C31H23NO/c1-21-14-17-24(18-15-21)32-29-19-16-23(20-28(29)22-8-3-2-4-9-22)25-11-7-12-27-26-10-5-6-13-30(26)33-31(25)27/h2-20,32H,1H3. The Hall–Kier alpha value is -4.30. The van der Waals surface area contributed by atoms with E-state index >= 15 is 0 Å². The van der Waals surface area contributed by atoms with Gasteiger partial charge in [0.1, 0.15) is 11.2 Å². The molecular weight excluding hydrogens is 402 g/mol. The molecule has 0 saturated carbocycles. The van der Waals surface area contributed by atoms with Gasteiger partial charge in [0.15, 0.2) is 0 Å². The molecule has 0 aliphatic rings. The summed E-state index contributed by atoms with van der Waals surface area (Å²) in [6, 6.07) is 40.2. The zero-order chi connectivity index (χ0) is 22.2. The van der Waals surface area contributed by atoms with Gasteiger partial charge in [-0.15, -0.1) is 0 Å². The van der Waals surface area contributed by atoms with Crippen molar-refractivity contribution in [2.24, 2.45) is 0 Å². The Labute approximate surface area is 193 Å². The second-order valence-corrected chi connectivity index (χ2v) is 8.40. The third-order valence-corrected chi connectivity index (χ3v) is 6.15. The maximum absolute atomic E-state index is 6.31. The molecule has 0 spiro atoms. The number of anilines is 2. The van der Waals surface area contributed by atoms with Crippen LogP contribution in [0.5, 0.6) is 0 Å². The minimum Gasteiger partial charge on any atom is -0.455 e. The summed E-state index contributed by atoms with van der Waals surface area (Å²) in [5.41, 5.74) is 9.80. The van der Waals surface area contributed by atoms with E-state index in [2.05, 4.69) is 115 Å². The Bertz CT molecular complexity index is 1580. The van der Waals surface area contributed by atoms with Gasteiger partial charge in [-0.1, -0.05) is 90.5 Å².